The summed E-state index contributed by atoms with van der Waals surface area (Å²) in [5, 5.41) is 11.5. The maximum Gasteiger partial charge on any atom is 0.415 e. The predicted octanol–water partition coefficient (Wildman–Crippen LogP) is 3.23. The minimum atomic E-state index is -1.63. The highest BCUT2D eigenvalue weighted by molar-refractivity contribution is 5.93. The summed E-state index contributed by atoms with van der Waals surface area (Å²) >= 11 is 0. The molecule has 2 aromatic carbocycles. The number of carbonyl (C=O) groups excluding carboxylic acids is 3. The van der Waals surface area contributed by atoms with Gasteiger partial charge in [-0.2, -0.15) is 4.39 Å². The average Bonchev–Trinajstić information content (AvgIpc) is 2.87. The summed E-state index contributed by atoms with van der Waals surface area (Å²) in [6.45, 7) is 0.565. The van der Waals surface area contributed by atoms with Crippen molar-refractivity contribution >= 4 is 23.8 Å². The Hall–Kier alpha value is -4.09. The largest absolute Gasteiger partial charge is 0.481 e. The number of nitrogens with one attached hydrogen (secondary N) is 1. The van der Waals surface area contributed by atoms with Crippen LogP contribution in [0.1, 0.15) is 24.8 Å². The first-order valence-electron chi connectivity index (χ1n) is 11.4. The molecule has 0 aliphatic carbocycles. The van der Waals surface area contributed by atoms with Crippen LogP contribution in [0.15, 0.2) is 36.4 Å². The zero-order valence-corrected chi connectivity index (χ0v) is 19.8. The summed E-state index contributed by atoms with van der Waals surface area (Å²) in [7, 11) is 0. The smallest absolute Gasteiger partial charge is 0.415 e. The van der Waals surface area contributed by atoms with Gasteiger partial charge in [-0.25, -0.2) is 13.6 Å². The second-order valence-corrected chi connectivity index (χ2v) is 8.49. The number of aryl methyl sites for hydroxylation is 1. The summed E-state index contributed by atoms with van der Waals surface area (Å²) in [5.41, 5.74) is -0.254. The van der Waals surface area contributed by atoms with Crippen molar-refractivity contribution in [3.8, 4) is 11.5 Å². The number of aliphatic carboxylic acids is 1. The quantitative estimate of drug-likeness (QED) is 0.485. The Balaban J connectivity index is 1.56. The van der Waals surface area contributed by atoms with Gasteiger partial charge in [-0.15, -0.1) is 0 Å². The molecular formula is C25H25F3N2O7. The van der Waals surface area contributed by atoms with Gasteiger partial charge in [0.15, 0.2) is 23.2 Å². The molecule has 0 spiro atoms. The fourth-order valence-electron chi connectivity index (χ4n) is 3.76. The molecule has 1 heterocycles. The molecule has 1 aliphatic rings. The molecule has 12 heteroatoms. The highest BCUT2D eigenvalue weighted by atomic mass is 19.2. The molecule has 198 valence electrons. The third-order valence-corrected chi connectivity index (χ3v) is 5.81. The first-order chi connectivity index (χ1) is 17.6. The molecule has 1 atom stereocenters. The molecule has 37 heavy (non-hydrogen) atoms. The van der Waals surface area contributed by atoms with Gasteiger partial charge < -0.3 is 24.8 Å². The van der Waals surface area contributed by atoms with Crippen LogP contribution in [0.4, 0.5) is 18.0 Å². The van der Waals surface area contributed by atoms with Crippen molar-refractivity contribution in [3.05, 3.63) is 59.4 Å². The van der Waals surface area contributed by atoms with Crippen LogP contribution < -0.4 is 14.8 Å². The van der Waals surface area contributed by atoms with E-state index in [1.54, 1.807) is 30.3 Å². The summed E-state index contributed by atoms with van der Waals surface area (Å²) in [6.07, 6.45) is -0.907. The number of amides is 2. The van der Waals surface area contributed by atoms with Crippen LogP contribution in [-0.4, -0.2) is 59.5 Å². The molecule has 1 fully saturated rings. The van der Waals surface area contributed by atoms with Crippen molar-refractivity contribution in [2.24, 2.45) is 5.92 Å². The second-order valence-electron chi connectivity index (χ2n) is 8.49. The van der Waals surface area contributed by atoms with Gasteiger partial charge in [-0.1, -0.05) is 18.2 Å². The molecule has 0 aromatic heterocycles. The number of ketones is 1. The lowest BCUT2D eigenvalue weighted by Crippen LogP contribution is -2.49. The number of ether oxygens (including phenoxy) is 2. The van der Waals surface area contributed by atoms with Crippen molar-refractivity contribution < 1.29 is 46.9 Å². The number of carboxylic acid groups (broad SMARTS) is 1. The monoisotopic (exact) mass is 522 g/mol. The van der Waals surface area contributed by atoms with Crippen molar-refractivity contribution in [2.45, 2.75) is 32.2 Å². The summed E-state index contributed by atoms with van der Waals surface area (Å²) < 4.78 is 51.7. The standard InChI is InChI=1S/C25H25F3N2O7/c1-14-11-17(26)22(28)23(21(14)27)36-13-19(31)18(12-20(32)33)29-24(34)15-7-9-30(10-8-15)25(35)37-16-5-3-2-4-6-16/h2-6,11,15,18H,7-10,12-13H2,1H3,(H,29,34)(H,32,33)/t18-/m0/s1. The Kier molecular flexibility index (Phi) is 9.10. The molecule has 1 saturated heterocycles. The van der Waals surface area contributed by atoms with Crippen LogP contribution in [0, 0.1) is 30.3 Å². The van der Waals surface area contributed by atoms with E-state index < -0.39 is 71.9 Å². The van der Waals surface area contributed by atoms with Crippen LogP contribution in [0.25, 0.3) is 0 Å². The van der Waals surface area contributed by atoms with E-state index >= 15 is 0 Å². The van der Waals surface area contributed by atoms with Gasteiger partial charge in [-0.05, 0) is 43.5 Å². The first-order valence-corrected chi connectivity index (χ1v) is 11.4. The van der Waals surface area contributed by atoms with Crippen LogP contribution in [-0.2, 0) is 14.4 Å². The highest BCUT2D eigenvalue weighted by Gasteiger charge is 2.32. The summed E-state index contributed by atoms with van der Waals surface area (Å²) in [6, 6.07) is 7.52. The third-order valence-electron chi connectivity index (χ3n) is 5.81. The van der Waals surface area contributed by atoms with Crippen molar-refractivity contribution in [2.75, 3.05) is 19.7 Å². The van der Waals surface area contributed by atoms with E-state index in [1.165, 1.54) is 11.8 Å². The average molecular weight is 522 g/mol. The maximum atomic E-state index is 14.1. The molecule has 0 bridgehead atoms. The van der Waals surface area contributed by atoms with Gasteiger partial charge >= 0.3 is 12.1 Å². The van der Waals surface area contributed by atoms with Gasteiger partial charge in [-0.3, -0.25) is 14.4 Å². The van der Waals surface area contributed by atoms with E-state index in [4.69, 9.17) is 14.6 Å². The fraction of sp³-hybridized carbons (Fsp3) is 0.360. The Morgan fingerprint density at radius 3 is 2.35 bits per heavy atom. The normalized spacial score (nSPS) is 14.5. The Morgan fingerprint density at radius 1 is 1.08 bits per heavy atom. The molecular weight excluding hydrogens is 497 g/mol. The molecule has 2 N–H and O–H groups in total. The zero-order valence-electron chi connectivity index (χ0n) is 19.8. The fourth-order valence-corrected chi connectivity index (χ4v) is 3.76. The first kappa shape index (κ1) is 27.5. The number of para-hydroxylation sites is 1. The number of benzene rings is 2. The predicted molar refractivity (Wildman–Crippen MR) is 123 cm³/mol. The number of hydrogen-bond acceptors (Lipinski definition) is 6. The molecule has 9 nitrogen and oxygen atoms in total. The van der Waals surface area contributed by atoms with Gasteiger partial charge in [0.05, 0.1) is 6.42 Å². The maximum absolute atomic E-state index is 14.1. The van der Waals surface area contributed by atoms with Crippen LogP contribution in [0.2, 0.25) is 0 Å². The van der Waals surface area contributed by atoms with Crippen molar-refractivity contribution in [1.29, 1.82) is 0 Å². The van der Waals surface area contributed by atoms with Gasteiger partial charge in [0.25, 0.3) is 0 Å². The van der Waals surface area contributed by atoms with Gasteiger partial charge in [0, 0.05) is 19.0 Å². The molecule has 1 aliphatic heterocycles. The molecule has 3 rings (SSSR count). The van der Waals surface area contributed by atoms with Crippen LogP contribution >= 0.6 is 0 Å². The number of Topliss-reactive ketones (excluding diaryl/α,β-unsaturated/α-hetero) is 1. The minimum absolute atomic E-state index is 0.196. The number of carbonyl (C=O) groups is 4. The Bertz CT molecular complexity index is 1140. The molecule has 0 radical (unpaired) electrons. The molecule has 2 aromatic rings. The number of likely N-dealkylation sites (tertiary alicyclic amines) is 1. The molecule has 2 amide bonds. The Morgan fingerprint density at radius 2 is 1.73 bits per heavy atom. The lowest BCUT2D eigenvalue weighted by Gasteiger charge is -2.31. The summed E-state index contributed by atoms with van der Waals surface area (Å²) in [5.74, 6) is -8.57. The SMILES string of the molecule is Cc1cc(F)c(F)c(OCC(=O)[C@H](CC(=O)O)NC(=O)C2CCN(C(=O)Oc3ccccc3)CC2)c1F. The number of halogens is 3. The topological polar surface area (TPSA) is 122 Å². The zero-order chi connectivity index (χ0) is 27.1. The summed E-state index contributed by atoms with van der Waals surface area (Å²) in [4.78, 5) is 50.3. The highest BCUT2D eigenvalue weighted by Crippen LogP contribution is 2.27. The minimum Gasteiger partial charge on any atom is -0.481 e. The lowest BCUT2D eigenvalue weighted by atomic mass is 9.95. The van der Waals surface area contributed by atoms with Gasteiger partial charge in [0.2, 0.25) is 11.7 Å². The van der Waals surface area contributed by atoms with Crippen molar-refractivity contribution in [3.63, 3.8) is 0 Å². The van der Waals surface area contributed by atoms with Crippen molar-refractivity contribution in [1.82, 2.24) is 10.2 Å². The number of carboxylic acids is 1. The number of hydrogen-bond donors (Lipinski definition) is 2. The van der Waals surface area contributed by atoms with E-state index in [2.05, 4.69) is 5.32 Å². The molecule has 0 saturated carbocycles. The Labute approximate surface area is 210 Å². The number of rotatable bonds is 9. The van der Waals surface area contributed by atoms with E-state index in [9.17, 15) is 32.3 Å². The molecule has 0 unspecified atom stereocenters. The van der Waals surface area contributed by atoms with Gasteiger partial charge in [0.1, 0.15) is 18.4 Å². The van der Waals surface area contributed by atoms with E-state index in [-0.39, 0.29) is 31.5 Å². The van der Waals surface area contributed by atoms with E-state index in [0.717, 1.165) is 0 Å². The van der Waals surface area contributed by atoms with E-state index in [1.807, 2.05) is 0 Å². The number of piperidine rings is 1. The lowest BCUT2D eigenvalue weighted by molar-refractivity contribution is -0.141. The van der Waals surface area contributed by atoms with E-state index in [0.29, 0.717) is 11.8 Å². The second kappa shape index (κ2) is 12.2. The van der Waals surface area contributed by atoms with Crippen LogP contribution in [0.3, 0.4) is 0 Å². The number of nitrogens with zero attached hydrogens (tertiary/aromatic N) is 1. The van der Waals surface area contributed by atoms with Crippen LogP contribution in [0.5, 0.6) is 11.5 Å². The third kappa shape index (κ3) is 7.21.